The molecule has 28 heavy (non-hydrogen) atoms. The van der Waals surface area contributed by atoms with Gasteiger partial charge in [-0.15, -0.1) is 0 Å². The van der Waals surface area contributed by atoms with E-state index in [2.05, 4.69) is 19.2 Å². The standard InChI is InChI=1S/C24H30N2O2/c1-18(2)15-16-26(21-13-14-21)23(27)17-22(19-9-5-3-6-10-19)25-24(28)20-11-7-4-8-12-20/h3-12,18,21-22H,13-17H2,1-2H3,(H,25,28). The highest BCUT2D eigenvalue weighted by atomic mass is 16.2. The van der Waals surface area contributed by atoms with Crippen LogP contribution in [0.3, 0.4) is 0 Å². The van der Waals surface area contributed by atoms with E-state index in [-0.39, 0.29) is 24.3 Å². The van der Waals surface area contributed by atoms with Gasteiger partial charge in [0.25, 0.3) is 5.91 Å². The van der Waals surface area contributed by atoms with E-state index in [1.54, 1.807) is 12.1 Å². The summed E-state index contributed by atoms with van der Waals surface area (Å²) in [6.07, 6.45) is 3.48. The highest BCUT2D eigenvalue weighted by Crippen LogP contribution is 2.29. The Labute approximate surface area is 167 Å². The molecule has 1 saturated carbocycles. The quantitative estimate of drug-likeness (QED) is 0.694. The van der Waals surface area contributed by atoms with Gasteiger partial charge in [0.05, 0.1) is 12.5 Å². The molecule has 0 bridgehead atoms. The molecule has 1 unspecified atom stereocenters. The number of rotatable bonds is 9. The van der Waals surface area contributed by atoms with Crippen LogP contribution in [-0.4, -0.2) is 29.3 Å². The van der Waals surface area contributed by atoms with Crippen molar-refractivity contribution in [2.75, 3.05) is 6.54 Å². The lowest BCUT2D eigenvalue weighted by molar-refractivity contribution is -0.132. The van der Waals surface area contributed by atoms with Gasteiger partial charge in [-0.3, -0.25) is 9.59 Å². The van der Waals surface area contributed by atoms with Gasteiger partial charge >= 0.3 is 0 Å². The molecule has 0 aliphatic heterocycles. The molecule has 0 heterocycles. The van der Waals surface area contributed by atoms with Crippen LogP contribution in [0.5, 0.6) is 0 Å². The molecule has 0 saturated heterocycles. The van der Waals surface area contributed by atoms with Gasteiger partial charge in [-0.1, -0.05) is 62.4 Å². The van der Waals surface area contributed by atoms with Crippen LogP contribution in [0.25, 0.3) is 0 Å². The molecule has 1 N–H and O–H groups in total. The summed E-state index contributed by atoms with van der Waals surface area (Å²) in [4.78, 5) is 27.9. The highest BCUT2D eigenvalue weighted by molar-refractivity contribution is 5.94. The first-order valence-electron chi connectivity index (χ1n) is 10.2. The zero-order valence-electron chi connectivity index (χ0n) is 16.8. The molecular weight excluding hydrogens is 348 g/mol. The Morgan fingerprint density at radius 2 is 1.61 bits per heavy atom. The summed E-state index contributed by atoms with van der Waals surface area (Å²) in [6.45, 7) is 5.17. The van der Waals surface area contributed by atoms with Crippen LogP contribution in [0.1, 0.15) is 61.5 Å². The maximum Gasteiger partial charge on any atom is 0.251 e. The van der Waals surface area contributed by atoms with Gasteiger partial charge < -0.3 is 10.2 Å². The SMILES string of the molecule is CC(C)CCN(C(=O)CC(NC(=O)c1ccccc1)c1ccccc1)C1CC1. The fourth-order valence-electron chi connectivity index (χ4n) is 3.35. The third-order valence-corrected chi connectivity index (χ3v) is 5.18. The molecule has 0 radical (unpaired) electrons. The third kappa shape index (κ3) is 5.69. The fourth-order valence-corrected chi connectivity index (χ4v) is 3.35. The lowest BCUT2D eigenvalue weighted by Crippen LogP contribution is -2.38. The van der Waals surface area contributed by atoms with Gasteiger partial charge in [-0.25, -0.2) is 0 Å². The van der Waals surface area contributed by atoms with Crippen LogP contribution < -0.4 is 5.32 Å². The zero-order chi connectivity index (χ0) is 19.9. The monoisotopic (exact) mass is 378 g/mol. The number of carbonyl (C=O) groups excluding carboxylic acids is 2. The van der Waals surface area contributed by atoms with Crippen LogP contribution in [0.2, 0.25) is 0 Å². The second kappa shape index (κ2) is 9.54. The predicted octanol–water partition coefficient (Wildman–Crippen LogP) is 4.58. The van der Waals surface area contributed by atoms with Crippen molar-refractivity contribution in [1.82, 2.24) is 10.2 Å². The predicted molar refractivity (Wildman–Crippen MR) is 112 cm³/mol. The highest BCUT2D eigenvalue weighted by Gasteiger charge is 2.33. The zero-order valence-corrected chi connectivity index (χ0v) is 16.8. The lowest BCUT2D eigenvalue weighted by atomic mass is 10.0. The van der Waals surface area contributed by atoms with Crippen LogP contribution in [0.4, 0.5) is 0 Å². The largest absolute Gasteiger partial charge is 0.345 e. The first kappa shape index (κ1) is 20.1. The number of hydrogen-bond donors (Lipinski definition) is 1. The van der Waals surface area contributed by atoms with Gasteiger partial charge in [-0.05, 0) is 42.9 Å². The molecule has 0 spiro atoms. The minimum atomic E-state index is -0.332. The molecule has 2 aromatic rings. The van der Waals surface area contributed by atoms with Crippen LogP contribution in [0, 0.1) is 5.92 Å². The van der Waals surface area contributed by atoms with Crippen molar-refractivity contribution in [2.45, 2.75) is 51.6 Å². The Hall–Kier alpha value is -2.62. The van der Waals surface area contributed by atoms with E-state index in [4.69, 9.17) is 0 Å². The van der Waals surface area contributed by atoms with Gasteiger partial charge in [0, 0.05) is 18.2 Å². The van der Waals surface area contributed by atoms with Crippen molar-refractivity contribution in [1.29, 1.82) is 0 Å². The fraction of sp³-hybridized carbons (Fsp3) is 0.417. The Balaban J connectivity index is 1.73. The Bertz CT molecular complexity index is 770. The number of nitrogens with zero attached hydrogens (tertiary/aromatic N) is 1. The molecule has 2 amide bonds. The van der Waals surface area contributed by atoms with E-state index >= 15 is 0 Å². The van der Waals surface area contributed by atoms with Gasteiger partial charge in [0.15, 0.2) is 0 Å². The molecule has 0 aromatic heterocycles. The maximum atomic E-state index is 13.1. The summed E-state index contributed by atoms with van der Waals surface area (Å²) in [5, 5.41) is 3.07. The number of amides is 2. The summed E-state index contributed by atoms with van der Waals surface area (Å²) >= 11 is 0. The van der Waals surface area contributed by atoms with Gasteiger partial charge in [0.2, 0.25) is 5.91 Å². The summed E-state index contributed by atoms with van der Waals surface area (Å²) < 4.78 is 0. The molecular formula is C24H30N2O2. The van der Waals surface area contributed by atoms with Crippen molar-refractivity contribution in [3.63, 3.8) is 0 Å². The molecule has 1 fully saturated rings. The smallest absolute Gasteiger partial charge is 0.251 e. The summed E-state index contributed by atoms with van der Waals surface area (Å²) in [5.74, 6) is 0.546. The Morgan fingerprint density at radius 1 is 1.00 bits per heavy atom. The van der Waals surface area contributed by atoms with Crippen molar-refractivity contribution in [3.8, 4) is 0 Å². The van der Waals surface area contributed by atoms with Crippen LogP contribution in [0.15, 0.2) is 60.7 Å². The Morgan fingerprint density at radius 3 is 2.18 bits per heavy atom. The van der Waals surface area contributed by atoms with Crippen molar-refractivity contribution >= 4 is 11.8 Å². The molecule has 1 aliphatic rings. The summed E-state index contributed by atoms with van der Waals surface area (Å²) in [6, 6.07) is 19.0. The minimum absolute atomic E-state index is 0.130. The minimum Gasteiger partial charge on any atom is -0.345 e. The molecule has 2 aromatic carbocycles. The maximum absolute atomic E-state index is 13.1. The van der Waals surface area contributed by atoms with E-state index in [0.29, 0.717) is 17.5 Å². The molecule has 4 nitrogen and oxygen atoms in total. The van der Waals surface area contributed by atoms with Crippen molar-refractivity contribution in [2.24, 2.45) is 5.92 Å². The van der Waals surface area contributed by atoms with E-state index in [9.17, 15) is 9.59 Å². The van der Waals surface area contributed by atoms with E-state index in [0.717, 1.165) is 31.4 Å². The molecule has 1 aliphatic carbocycles. The normalized spacial score (nSPS) is 14.5. The van der Waals surface area contributed by atoms with Gasteiger partial charge in [0.1, 0.15) is 0 Å². The average molecular weight is 379 g/mol. The topological polar surface area (TPSA) is 49.4 Å². The lowest BCUT2D eigenvalue weighted by Gasteiger charge is -2.27. The van der Waals surface area contributed by atoms with E-state index in [1.807, 2.05) is 53.4 Å². The average Bonchev–Trinajstić information content (AvgIpc) is 3.54. The summed E-state index contributed by atoms with van der Waals surface area (Å²) in [5.41, 5.74) is 1.56. The number of hydrogen-bond acceptors (Lipinski definition) is 2. The number of benzene rings is 2. The van der Waals surface area contributed by atoms with Crippen molar-refractivity contribution < 1.29 is 9.59 Å². The van der Waals surface area contributed by atoms with E-state index < -0.39 is 0 Å². The van der Waals surface area contributed by atoms with Crippen molar-refractivity contribution in [3.05, 3.63) is 71.8 Å². The second-order valence-corrected chi connectivity index (χ2v) is 8.01. The molecule has 4 heteroatoms. The number of carbonyl (C=O) groups is 2. The van der Waals surface area contributed by atoms with Crippen LogP contribution in [-0.2, 0) is 4.79 Å². The molecule has 148 valence electrons. The molecule has 3 rings (SSSR count). The first-order valence-corrected chi connectivity index (χ1v) is 10.2. The van der Waals surface area contributed by atoms with Crippen LogP contribution >= 0.6 is 0 Å². The molecule has 1 atom stereocenters. The summed E-state index contributed by atoms with van der Waals surface area (Å²) in [7, 11) is 0. The second-order valence-electron chi connectivity index (χ2n) is 8.01. The number of nitrogens with one attached hydrogen (secondary N) is 1. The van der Waals surface area contributed by atoms with E-state index in [1.165, 1.54) is 0 Å². The third-order valence-electron chi connectivity index (χ3n) is 5.18. The Kier molecular flexibility index (Phi) is 6.85. The van der Waals surface area contributed by atoms with Gasteiger partial charge in [-0.2, -0.15) is 0 Å². The first-order chi connectivity index (χ1) is 13.5.